The first-order valence-electron chi connectivity index (χ1n) is 6.18. The Morgan fingerprint density at radius 2 is 2.06 bits per heavy atom. The maximum Gasteiger partial charge on any atom is 0.243 e. The van der Waals surface area contributed by atoms with Crippen molar-refractivity contribution in [2.24, 2.45) is 0 Å². The third-order valence-electron chi connectivity index (χ3n) is 3.48. The van der Waals surface area contributed by atoms with Gasteiger partial charge in [-0.1, -0.05) is 13.8 Å². The minimum atomic E-state index is -0.354. The standard InChI is InChI=1S/C12H25N3O/c1-6-10-13-12(3,7-2)11(16)15(10)9-8-14(4)5/h10,13H,6-9H2,1-5H3. The number of nitrogens with zero attached hydrogens (tertiary/aromatic N) is 2. The van der Waals surface area contributed by atoms with Crippen LogP contribution in [0.1, 0.15) is 33.6 Å². The summed E-state index contributed by atoms with van der Waals surface area (Å²) in [7, 11) is 4.07. The van der Waals surface area contributed by atoms with Gasteiger partial charge in [-0.2, -0.15) is 0 Å². The molecule has 4 heteroatoms. The van der Waals surface area contributed by atoms with Crippen molar-refractivity contribution in [1.82, 2.24) is 15.1 Å². The molecular formula is C12H25N3O. The van der Waals surface area contributed by atoms with E-state index >= 15 is 0 Å². The highest BCUT2D eigenvalue weighted by molar-refractivity contribution is 5.88. The SMILES string of the molecule is CCC1NC(C)(CC)C(=O)N1CCN(C)C. The number of amides is 1. The summed E-state index contributed by atoms with van der Waals surface area (Å²) >= 11 is 0. The Morgan fingerprint density at radius 3 is 2.50 bits per heavy atom. The van der Waals surface area contributed by atoms with Crippen LogP contribution in [0.5, 0.6) is 0 Å². The molecule has 16 heavy (non-hydrogen) atoms. The lowest BCUT2D eigenvalue weighted by Crippen LogP contribution is -2.43. The molecule has 0 aromatic heterocycles. The van der Waals surface area contributed by atoms with E-state index in [1.807, 2.05) is 25.9 Å². The summed E-state index contributed by atoms with van der Waals surface area (Å²) in [5, 5.41) is 3.45. The second kappa shape index (κ2) is 5.15. The van der Waals surface area contributed by atoms with Crippen LogP contribution < -0.4 is 5.32 Å². The van der Waals surface area contributed by atoms with Gasteiger partial charge in [-0.15, -0.1) is 0 Å². The fraction of sp³-hybridized carbons (Fsp3) is 0.917. The van der Waals surface area contributed by atoms with E-state index in [2.05, 4.69) is 24.1 Å². The molecule has 2 unspecified atom stereocenters. The number of likely N-dealkylation sites (N-methyl/N-ethyl adjacent to an activating group) is 1. The predicted molar refractivity (Wildman–Crippen MR) is 66.2 cm³/mol. The summed E-state index contributed by atoms with van der Waals surface area (Å²) in [6, 6.07) is 0. The van der Waals surface area contributed by atoms with E-state index in [9.17, 15) is 4.79 Å². The van der Waals surface area contributed by atoms with Gasteiger partial charge >= 0.3 is 0 Å². The molecule has 0 bridgehead atoms. The van der Waals surface area contributed by atoms with Crippen molar-refractivity contribution in [1.29, 1.82) is 0 Å². The fourth-order valence-electron chi connectivity index (χ4n) is 2.11. The molecule has 1 amide bonds. The van der Waals surface area contributed by atoms with E-state index in [1.54, 1.807) is 0 Å². The zero-order chi connectivity index (χ0) is 12.3. The lowest BCUT2D eigenvalue weighted by Gasteiger charge is -2.24. The van der Waals surface area contributed by atoms with Crippen molar-refractivity contribution < 1.29 is 4.79 Å². The van der Waals surface area contributed by atoms with Crippen LogP contribution in [0.2, 0.25) is 0 Å². The molecular weight excluding hydrogens is 202 g/mol. The Morgan fingerprint density at radius 1 is 1.44 bits per heavy atom. The first-order chi connectivity index (χ1) is 7.44. The predicted octanol–water partition coefficient (Wildman–Crippen LogP) is 0.885. The van der Waals surface area contributed by atoms with Gasteiger partial charge in [0, 0.05) is 13.1 Å². The molecule has 1 aliphatic rings. The number of carbonyl (C=O) groups is 1. The summed E-state index contributed by atoms with van der Waals surface area (Å²) in [5.41, 5.74) is -0.354. The highest BCUT2D eigenvalue weighted by atomic mass is 16.2. The minimum absolute atomic E-state index is 0.206. The normalized spacial score (nSPS) is 30.5. The first kappa shape index (κ1) is 13.5. The summed E-state index contributed by atoms with van der Waals surface area (Å²) in [6.07, 6.45) is 2.02. The summed E-state index contributed by atoms with van der Waals surface area (Å²) in [6.45, 7) is 7.92. The van der Waals surface area contributed by atoms with Crippen LogP contribution in [0, 0.1) is 0 Å². The van der Waals surface area contributed by atoms with Gasteiger partial charge in [0.2, 0.25) is 5.91 Å². The van der Waals surface area contributed by atoms with Crippen LogP contribution in [-0.2, 0) is 4.79 Å². The number of nitrogens with one attached hydrogen (secondary N) is 1. The smallest absolute Gasteiger partial charge is 0.243 e. The summed E-state index contributed by atoms with van der Waals surface area (Å²) in [5.74, 6) is 0.253. The van der Waals surface area contributed by atoms with Gasteiger partial charge in [-0.05, 0) is 33.9 Å². The van der Waals surface area contributed by atoms with Crippen LogP contribution in [0.3, 0.4) is 0 Å². The quantitative estimate of drug-likeness (QED) is 0.757. The molecule has 1 fully saturated rings. The molecule has 1 N–H and O–H groups in total. The molecule has 0 spiro atoms. The molecule has 0 aromatic carbocycles. The van der Waals surface area contributed by atoms with Crippen molar-refractivity contribution in [3.05, 3.63) is 0 Å². The van der Waals surface area contributed by atoms with Crippen LogP contribution in [0.25, 0.3) is 0 Å². The van der Waals surface area contributed by atoms with Crippen LogP contribution in [0.15, 0.2) is 0 Å². The Kier molecular flexibility index (Phi) is 4.33. The Bertz CT molecular complexity index is 255. The highest BCUT2D eigenvalue weighted by Crippen LogP contribution is 2.24. The van der Waals surface area contributed by atoms with Gasteiger partial charge < -0.3 is 9.80 Å². The van der Waals surface area contributed by atoms with E-state index in [4.69, 9.17) is 0 Å². The van der Waals surface area contributed by atoms with Crippen molar-refractivity contribution in [3.8, 4) is 0 Å². The van der Waals surface area contributed by atoms with Crippen LogP contribution in [-0.4, -0.2) is 54.6 Å². The zero-order valence-electron chi connectivity index (χ0n) is 11.2. The van der Waals surface area contributed by atoms with Crippen molar-refractivity contribution in [3.63, 3.8) is 0 Å². The van der Waals surface area contributed by atoms with Gasteiger partial charge in [-0.25, -0.2) is 0 Å². The molecule has 1 saturated heterocycles. The van der Waals surface area contributed by atoms with E-state index in [1.165, 1.54) is 0 Å². The fourth-order valence-corrected chi connectivity index (χ4v) is 2.11. The average molecular weight is 227 g/mol. The third kappa shape index (κ3) is 2.55. The highest BCUT2D eigenvalue weighted by Gasteiger charge is 2.45. The summed E-state index contributed by atoms with van der Waals surface area (Å²) in [4.78, 5) is 16.4. The Hall–Kier alpha value is -0.610. The molecule has 0 radical (unpaired) electrons. The Labute approximate surface area is 99.0 Å². The topological polar surface area (TPSA) is 35.6 Å². The first-order valence-corrected chi connectivity index (χ1v) is 6.18. The summed E-state index contributed by atoms with van der Waals surface area (Å²) < 4.78 is 0. The maximum atomic E-state index is 12.3. The van der Waals surface area contributed by atoms with Gasteiger partial charge in [0.25, 0.3) is 0 Å². The third-order valence-corrected chi connectivity index (χ3v) is 3.48. The van der Waals surface area contributed by atoms with Crippen molar-refractivity contribution >= 4 is 5.91 Å². The molecule has 4 nitrogen and oxygen atoms in total. The largest absolute Gasteiger partial charge is 0.324 e. The number of carbonyl (C=O) groups excluding carboxylic acids is 1. The van der Waals surface area contributed by atoms with E-state index in [0.29, 0.717) is 0 Å². The molecule has 94 valence electrons. The van der Waals surface area contributed by atoms with Gasteiger partial charge in [-0.3, -0.25) is 10.1 Å². The molecule has 1 rings (SSSR count). The van der Waals surface area contributed by atoms with Crippen LogP contribution >= 0.6 is 0 Å². The number of hydrogen-bond acceptors (Lipinski definition) is 3. The van der Waals surface area contributed by atoms with Gasteiger partial charge in [0.05, 0.1) is 11.7 Å². The van der Waals surface area contributed by atoms with Crippen molar-refractivity contribution in [2.45, 2.75) is 45.3 Å². The van der Waals surface area contributed by atoms with Crippen molar-refractivity contribution in [2.75, 3.05) is 27.2 Å². The monoisotopic (exact) mass is 227 g/mol. The number of hydrogen-bond donors (Lipinski definition) is 1. The lowest BCUT2D eigenvalue weighted by molar-refractivity contribution is -0.133. The van der Waals surface area contributed by atoms with E-state index in [0.717, 1.165) is 25.9 Å². The van der Waals surface area contributed by atoms with Crippen LogP contribution in [0.4, 0.5) is 0 Å². The second-order valence-corrected chi connectivity index (χ2v) is 5.06. The Balaban J connectivity index is 2.70. The average Bonchev–Trinajstić information content (AvgIpc) is 2.50. The second-order valence-electron chi connectivity index (χ2n) is 5.06. The molecule has 0 saturated carbocycles. The maximum absolute atomic E-state index is 12.3. The number of rotatable bonds is 5. The molecule has 0 aromatic rings. The molecule has 1 aliphatic heterocycles. The molecule has 2 atom stereocenters. The molecule has 0 aliphatic carbocycles. The van der Waals surface area contributed by atoms with E-state index in [-0.39, 0.29) is 17.6 Å². The van der Waals surface area contributed by atoms with Gasteiger partial charge in [0.1, 0.15) is 0 Å². The molecule has 1 heterocycles. The minimum Gasteiger partial charge on any atom is -0.324 e. The zero-order valence-corrected chi connectivity index (χ0v) is 11.2. The van der Waals surface area contributed by atoms with Gasteiger partial charge in [0.15, 0.2) is 0 Å². The van der Waals surface area contributed by atoms with E-state index < -0.39 is 0 Å². The lowest BCUT2D eigenvalue weighted by atomic mass is 9.99.